The second-order valence-corrected chi connectivity index (χ2v) is 8.07. The average molecular weight is 415 g/mol. The lowest BCUT2D eigenvalue weighted by Crippen LogP contribution is -2.43. The molecule has 1 aromatic carbocycles. The van der Waals surface area contributed by atoms with E-state index in [2.05, 4.69) is 53.0 Å². The first-order chi connectivity index (χ1) is 10.2. The Hall–Kier alpha value is -0.630. The highest BCUT2D eigenvalue weighted by atomic mass is 127. The molecule has 1 aliphatic heterocycles. The zero-order chi connectivity index (χ0) is 14.7. The number of thiophene rings is 1. The minimum Gasteiger partial charge on any atom is -0.482 e. The van der Waals surface area contributed by atoms with Crippen LogP contribution in [-0.2, 0) is 4.74 Å². The predicted molar refractivity (Wildman–Crippen MR) is 94.2 cm³/mol. The Labute approximate surface area is 142 Å². The van der Waals surface area contributed by atoms with Gasteiger partial charge in [-0.3, -0.25) is 0 Å². The summed E-state index contributed by atoms with van der Waals surface area (Å²) in [6.45, 7) is 4.55. The van der Waals surface area contributed by atoms with Crippen LogP contribution in [0.1, 0.15) is 16.5 Å². The molecule has 3 rings (SSSR count). The van der Waals surface area contributed by atoms with Crippen molar-refractivity contribution in [2.75, 3.05) is 19.7 Å². The molecule has 1 aromatic heterocycles. The molecule has 0 aliphatic carbocycles. The van der Waals surface area contributed by atoms with E-state index in [-0.39, 0.29) is 12.2 Å². The minimum atomic E-state index is -0.0626. The summed E-state index contributed by atoms with van der Waals surface area (Å²) >= 11 is 4.12. The van der Waals surface area contributed by atoms with Crippen molar-refractivity contribution >= 4 is 33.9 Å². The van der Waals surface area contributed by atoms with Gasteiger partial charge in [0.25, 0.3) is 0 Å². The molecule has 2 aromatic rings. The SMILES string of the molecule is Cc1ccccc1O[C@@H](c1ccc(I)s1)[C@@H]1CNCCO1. The highest BCUT2D eigenvalue weighted by Gasteiger charge is 2.29. The van der Waals surface area contributed by atoms with Gasteiger partial charge in [-0.15, -0.1) is 11.3 Å². The molecule has 0 bridgehead atoms. The molecule has 112 valence electrons. The van der Waals surface area contributed by atoms with Crippen molar-refractivity contribution in [1.29, 1.82) is 0 Å². The van der Waals surface area contributed by atoms with Gasteiger partial charge in [0.05, 0.1) is 9.49 Å². The molecule has 0 radical (unpaired) electrons. The van der Waals surface area contributed by atoms with E-state index in [1.165, 1.54) is 7.76 Å². The van der Waals surface area contributed by atoms with Crippen molar-refractivity contribution in [2.45, 2.75) is 19.1 Å². The number of ether oxygens (including phenoxy) is 2. The maximum Gasteiger partial charge on any atom is 0.160 e. The van der Waals surface area contributed by atoms with E-state index in [1.807, 2.05) is 18.2 Å². The number of para-hydroxylation sites is 1. The summed E-state index contributed by atoms with van der Waals surface area (Å²) < 4.78 is 13.5. The summed E-state index contributed by atoms with van der Waals surface area (Å²) in [7, 11) is 0. The van der Waals surface area contributed by atoms with Gasteiger partial charge in [-0.2, -0.15) is 0 Å². The van der Waals surface area contributed by atoms with Gasteiger partial charge in [0, 0.05) is 18.0 Å². The van der Waals surface area contributed by atoms with Crippen LogP contribution >= 0.6 is 33.9 Å². The molecule has 2 heterocycles. The van der Waals surface area contributed by atoms with Gasteiger partial charge in [0.2, 0.25) is 0 Å². The number of benzene rings is 1. The molecule has 1 aliphatic rings. The van der Waals surface area contributed by atoms with Gasteiger partial charge < -0.3 is 14.8 Å². The number of hydrogen-bond donors (Lipinski definition) is 1. The van der Waals surface area contributed by atoms with Gasteiger partial charge in [-0.25, -0.2) is 0 Å². The Morgan fingerprint density at radius 1 is 1.33 bits per heavy atom. The lowest BCUT2D eigenvalue weighted by Gasteiger charge is -2.31. The highest BCUT2D eigenvalue weighted by Crippen LogP contribution is 2.33. The lowest BCUT2D eigenvalue weighted by molar-refractivity contribution is -0.0421. The van der Waals surface area contributed by atoms with Crippen molar-refractivity contribution in [3.8, 4) is 5.75 Å². The molecule has 3 nitrogen and oxygen atoms in total. The molecule has 5 heteroatoms. The van der Waals surface area contributed by atoms with Crippen LogP contribution < -0.4 is 10.1 Å². The maximum atomic E-state index is 6.33. The van der Waals surface area contributed by atoms with E-state index >= 15 is 0 Å². The normalized spacial score (nSPS) is 20.2. The topological polar surface area (TPSA) is 30.5 Å². The number of hydrogen-bond acceptors (Lipinski definition) is 4. The van der Waals surface area contributed by atoms with Crippen LogP contribution in [0.25, 0.3) is 0 Å². The third-order valence-corrected chi connectivity index (χ3v) is 5.47. The zero-order valence-electron chi connectivity index (χ0n) is 11.8. The summed E-state index contributed by atoms with van der Waals surface area (Å²) in [6.07, 6.45) is -0.0137. The lowest BCUT2D eigenvalue weighted by atomic mass is 10.1. The van der Waals surface area contributed by atoms with Gasteiger partial charge in [0.1, 0.15) is 11.9 Å². The predicted octanol–water partition coefficient (Wildman–Crippen LogP) is 3.77. The highest BCUT2D eigenvalue weighted by molar-refractivity contribution is 14.1. The third-order valence-electron chi connectivity index (χ3n) is 3.52. The van der Waals surface area contributed by atoms with Gasteiger partial charge in [-0.1, -0.05) is 18.2 Å². The second kappa shape index (κ2) is 7.09. The Kier molecular flexibility index (Phi) is 5.15. The molecule has 0 saturated carbocycles. The van der Waals surface area contributed by atoms with E-state index in [0.29, 0.717) is 0 Å². The monoisotopic (exact) mass is 415 g/mol. The summed E-state index contributed by atoms with van der Waals surface area (Å²) in [4.78, 5) is 1.22. The quantitative estimate of drug-likeness (QED) is 0.772. The van der Waals surface area contributed by atoms with Crippen LogP contribution in [0.15, 0.2) is 36.4 Å². The van der Waals surface area contributed by atoms with E-state index in [0.717, 1.165) is 31.0 Å². The number of rotatable bonds is 4. The second-order valence-electron chi connectivity index (χ2n) is 5.06. The van der Waals surface area contributed by atoms with E-state index < -0.39 is 0 Å². The Morgan fingerprint density at radius 2 is 2.19 bits per heavy atom. The molecule has 1 N–H and O–H groups in total. The van der Waals surface area contributed by atoms with Crippen molar-refractivity contribution in [3.05, 3.63) is 49.7 Å². The largest absolute Gasteiger partial charge is 0.482 e. The van der Waals surface area contributed by atoms with Crippen LogP contribution in [0.2, 0.25) is 0 Å². The molecule has 2 atom stereocenters. The number of aryl methyl sites for hydroxylation is 1. The molecule has 1 fully saturated rings. The van der Waals surface area contributed by atoms with E-state index in [1.54, 1.807) is 11.3 Å². The molecule has 0 amide bonds. The van der Waals surface area contributed by atoms with Crippen molar-refractivity contribution in [1.82, 2.24) is 5.32 Å². The van der Waals surface area contributed by atoms with Crippen LogP contribution in [0.5, 0.6) is 5.75 Å². The molecular formula is C16H18INO2S. The smallest absolute Gasteiger partial charge is 0.160 e. The summed E-state index contributed by atoms with van der Waals surface area (Å²) in [5.41, 5.74) is 1.15. The van der Waals surface area contributed by atoms with Crippen molar-refractivity contribution in [2.24, 2.45) is 0 Å². The Balaban J connectivity index is 1.86. The van der Waals surface area contributed by atoms with Gasteiger partial charge in [-0.05, 0) is 53.3 Å². The van der Waals surface area contributed by atoms with Crippen molar-refractivity contribution in [3.63, 3.8) is 0 Å². The Bertz CT molecular complexity index is 595. The van der Waals surface area contributed by atoms with Gasteiger partial charge in [0.15, 0.2) is 6.10 Å². The first-order valence-electron chi connectivity index (χ1n) is 7.04. The molecule has 21 heavy (non-hydrogen) atoms. The van der Waals surface area contributed by atoms with Crippen LogP contribution in [0.4, 0.5) is 0 Å². The first kappa shape index (κ1) is 15.3. The van der Waals surface area contributed by atoms with Crippen molar-refractivity contribution < 1.29 is 9.47 Å². The summed E-state index contributed by atoms with van der Waals surface area (Å²) in [5, 5.41) is 3.39. The Morgan fingerprint density at radius 3 is 2.86 bits per heavy atom. The first-order valence-corrected chi connectivity index (χ1v) is 8.93. The average Bonchev–Trinajstić information content (AvgIpc) is 2.93. The summed E-state index contributed by atoms with van der Waals surface area (Å²) in [6, 6.07) is 12.4. The minimum absolute atomic E-state index is 0.0489. The molecule has 0 unspecified atom stereocenters. The number of nitrogens with one attached hydrogen (secondary N) is 1. The maximum absolute atomic E-state index is 6.33. The summed E-state index contributed by atoms with van der Waals surface area (Å²) in [5.74, 6) is 0.931. The van der Waals surface area contributed by atoms with Gasteiger partial charge >= 0.3 is 0 Å². The fourth-order valence-corrected chi connectivity index (χ4v) is 4.16. The van der Waals surface area contributed by atoms with Crippen LogP contribution in [-0.4, -0.2) is 25.8 Å². The van der Waals surface area contributed by atoms with Crippen LogP contribution in [0, 0.1) is 9.81 Å². The molecular weight excluding hydrogens is 397 g/mol. The molecule has 0 spiro atoms. The van der Waals surface area contributed by atoms with E-state index in [9.17, 15) is 0 Å². The fourth-order valence-electron chi connectivity index (χ4n) is 2.40. The third kappa shape index (κ3) is 3.77. The van der Waals surface area contributed by atoms with E-state index in [4.69, 9.17) is 9.47 Å². The fraction of sp³-hybridized carbons (Fsp3) is 0.375. The number of halogens is 1. The molecule has 1 saturated heterocycles. The number of morpholine rings is 1. The zero-order valence-corrected chi connectivity index (χ0v) is 14.8. The van der Waals surface area contributed by atoms with Crippen LogP contribution in [0.3, 0.4) is 0 Å². The standard InChI is InChI=1S/C16H18INO2S/c1-11-4-2-3-5-12(11)20-16(13-10-18-8-9-19-13)14-6-7-15(17)21-14/h2-7,13,16,18H,8-10H2,1H3/t13-,16+/m0/s1.